The second kappa shape index (κ2) is 6.56. The summed E-state index contributed by atoms with van der Waals surface area (Å²) in [5.41, 5.74) is 4.44. The summed E-state index contributed by atoms with van der Waals surface area (Å²) in [7, 11) is 1.73. The Labute approximate surface area is 128 Å². The molecule has 2 rings (SSSR count). The normalized spacial score (nSPS) is 11.8. The number of carbonyl (C=O) groups excluding carboxylic acids is 1. The van der Waals surface area contributed by atoms with Gasteiger partial charge in [0.05, 0.1) is 11.7 Å². The zero-order valence-electron chi connectivity index (χ0n) is 11.9. The molecule has 0 saturated carbocycles. The molecule has 0 radical (unpaired) electrons. The van der Waals surface area contributed by atoms with Crippen LogP contribution in [0.15, 0.2) is 42.6 Å². The number of anilines is 1. The van der Waals surface area contributed by atoms with E-state index in [4.69, 9.17) is 17.4 Å². The maximum absolute atomic E-state index is 12.5. The Morgan fingerprint density at radius 2 is 2.14 bits per heavy atom. The number of halogens is 1. The fraction of sp³-hybridized carbons (Fsp3) is 0.200. The number of hydrogen-bond acceptors (Lipinski definition) is 4. The zero-order valence-corrected chi connectivity index (χ0v) is 12.6. The van der Waals surface area contributed by atoms with E-state index in [1.807, 2.05) is 25.1 Å². The lowest BCUT2D eigenvalue weighted by molar-refractivity contribution is 0.0737. The van der Waals surface area contributed by atoms with Gasteiger partial charge in [0.15, 0.2) is 0 Å². The van der Waals surface area contributed by atoms with E-state index in [1.54, 1.807) is 36.3 Å². The number of hydrazine groups is 1. The first-order chi connectivity index (χ1) is 10.0. The predicted molar refractivity (Wildman–Crippen MR) is 84.0 cm³/mol. The van der Waals surface area contributed by atoms with Gasteiger partial charge in [0, 0.05) is 18.3 Å². The molecular weight excluding hydrogens is 288 g/mol. The van der Waals surface area contributed by atoms with E-state index in [0.717, 1.165) is 5.56 Å². The molecule has 0 fully saturated rings. The van der Waals surface area contributed by atoms with Crippen LogP contribution in [-0.4, -0.2) is 22.8 Å². The molecule has 110 valence electrons. The van der Waals surface area contributed by atoms with Gasteiger partial charge in [0.25, 0.3) is 5.91 Å². The molecule has 2 aromatic rings. The van der Waals surface area contributed by atoms with Gasteiger partial charge >= 0.3 is 0 Å². The molecule has 1 aromatic carbocycles. The molecule has 1 amide bonds. The van der Waals surface area contributed by atoms with Gasteiger partial charge in [-0.15, -0.1) is 0 Å². The molecule has 21 heavy (non-hydrogen) atoms. The Morgan fingerprint density at radius 1 is 1.38 bits per heavy atom. The number of amides is 1. The average molecular weight is 305 g/mol. The Kier molecular flexibility index (Phi) is 4.77. The number of rotatable bonds is 4. The highest BCUT2D eigenvalue weighted by Crippen LogP contribution is 2.23. The highest BCUT2D eigenvalue weighted by molar-refractivity contribution is 6.30. The van der Waals surface area contributed by atoms with Crippen molar-refractivity contribution >= 4 is 23.2 Å². The molecule has 0 bridgehead atoms. The number of pyridine rings is 1. The summed E-state index contributed by atoms with van der Waals surface area (Å²) >= 11 is 5.99. The first kappa shape index (κ1) is 15.3. The Hall–Kier alpha value is -2.11. The summed E-state index contributed by atoms with van der Waals surface area (Å²) in [6.45, 7) is 1.94. The summed E-state index contributed by atoms with van der Waals surface area (Å²) in [5, 5.41) is 0.646. The van der Waals surface area contributed by atoms with E-state index in [1.165, 1.54) is 0 Å². The fourth-order valence-corrected chi connectivity index (χ4v) is 2.18. The Balaban J connectivity index is 2.22. The molecule has 0 spiro atoms. The molecule has 1 unspecified atom stereocenters. The van der Waals surface area contributed by atoms with Crippen LogP contribution in [0.4, 0.5) is 5.69 Å². The van der Waals surface area contributed by atoms with E-state index in [2.05, 4.69) is 10.4 Å². The largest absolute Gasteiger partial charge is 0.334 e. The summed E-state index contributed by atoms with van der Waals surface area (Å²) < 4.78 is 0. The van der Waals surface area contributed by atoms with E-state index >= 15 is 0 Å². The van der Waals surface area contributed by atoms with Gasteiger partial charge in [-0.3, -0.25) is 15.6 Å². The van der Waals surface area contributed by atoms with Crippen molar-refractivity contribution < 1.29 is 4.79 Å². The highest BCUT2D eigenvalue weighted by atomic mass is 35.5. The first-order valence-corrected chi connectivity index (χ1v) is 6.86. The Morgan fingerprint density at radius 3 is 2.81 bits per heavy atom. The van der Waals surface area contributed by atoms with Gasteiger partial charge in [-0.2, -0.15) is 0 Å². The molecule has 0 aliphatic rings. The second-order valence-corrected chi connectivity index (χ2v) is 5.16. The third-order valence-electron chi connectivity index (χ3n) is 3.38. The highest BCUT2D eigenvalue weighted by Gasteiger charge is 2.20. The van der Waals surface area contributed by atoms with Crippen molar-refractivity contribution in [3.05, 3.63) is 58.9 Å². The van der Waals surface area contributed by atoms with Crippen LogP contribution in [0, 0.1) is 0 Å². The number of nitrogen functional groups attached to an aromatic ring is 1. The van der Waals surface area contributed by atoms with E-state index in [0.29, 0.717) is 16.4 Å². The second-order valence-electron chi connectivity index (χ2n) is 4.72. The molecule has 0 saturated heterocycles. The van der Waals surface area contributed by atoms with Crippen molar-refractivity contribution in [1.29, 1.82) is 0 Å². The van der Waals surface area contributed by atoms with E-state index < -0.39 is 0 Å². The topological polar surface area (TPSA) is 71.2 Å². The SMILES string of the molecule is CC(c1cccc(Cl)c1)N(C)C(=O)c1cc(NN)ccn1. The standard InChI is InChI=1S/C15H17ClN4O/c1-10(11-4-3-5-12(16)8-11)20(2)15(21)14-9-13(19-17)6-7-18-14/h3-10H,17H2,1-2H3,(H,18,19). The van der Waals surface area contributed by atoms with Crippen LogP contribution in [0.5, 0.6) is 0 Å². The van der Waals surface area contributed by atoms with Crippen LogP contribution in [0.2, 0.25) is 5.02 Å². The maximum Gasteiger partial charge on any atom is 0.272 e. The third kappa shape index (κ3) is 3.51. The summed E-state index contributed by atoms with van der Waals surface area (Å²) in [5.74, 6) is 5.16. The van der Waals surface area contributed by atoms with Crippen molar-refractivity contribution in [1.82, 2.24) is 9.88 Å². The van der Waals surface area contributed by atoms with Gasteiger partial charge in [-0.05, 0) is 36.8 Å². The lowest BCUT2D eigenvalue weighted by Crippen LogP contribution is -2.30. The van der Waals surface area contributed by atoms with Gasteiger partial charge in [-0.1, -0.05) is 23.7 Å². The molecule has 1 heterocycles. The minimum absolute atomic E-state index is 0.118. The molecule has 1 aromatic heterocycles. The van der Waals surface area contributed by atoms with Crippen LogP contribution in [0.25, 0.3) is 0 Å². The van der Waals surface area contributed by atoms with Crippen LogP contribution in [0.1, 0.15) is 29.0 Å². The maximum atomic E-state index is 12.5. The third-order valence-corrected chi connectivity index (χ3v) is 3.61. The van der Waals surface area contributed by atoms with Crippen molar-refractivity contribution in [2.45, 2.75) is 13.0 Å². The van der Waals surface area contributed by atoms with Crippen molar-refractivity contribution in [3.8, 4) is 0 Å². The van der Waals surface area contributed by atoms with Crippen molar-refractivity contribution in [2.75, 3.05) is 12.5 Å². The van der Waals surface area contributed by atoms with E-state index in [9.17, 15) is 4.79 Å². The predicted octanol–water partition coefficient (Wildman–Crippen LogP) is 2.85. The number of nitrogens with zero attached hydrogens (tertiary/aromatic N) is 2. The smallest absolute Gasteiger partial charge is 0.272 e. The summed E-state index contributed by atoms with van der Waals surface area (Å²) in [4.78, 5) is 18.2. The van der Waals surface area contributed by atoms with Gasteiger partial charge < -0.3 is 10.3 Å². The minimum Gasteiger partial charge on any atom is -0.334 e. The lowest BCUT2D eigenvalue weighted by atomic mass is 10.1. The molecule has 1 atom stereocenters. The van der Waals surface area contributed by atoms with Crippen LogP contribution < -0.4 is 11.3 Å². The average Bonchev–Trinajstić information content (AvgIpc) is 2.52. The Bertz CT molecular complexity index is 647. The van der Waals surface area contributed by atoms with Crippen LogP contribution in [0.3, 0.4) is 0 Å². The monoisotopic (exact) mass is 304 g/mol. The molecular formula is C15H17ClN4O. The number of benzene rings is 1. The summed E-state index contributed by atoms with van der Waals surface area (Å²) in [6.07, 6.45) is 1.54. The van der Waals surface area contributed by atoms with Gasteiger partial charge in [0.2, 0.25) is 0 Å². The molecule has 0 aliphatic heterocycles. The van der Waals surface area contributed by atoms with Crippen LogP contribution >= 0.6 is 11.6 Å². The molecule has 0 aliphatic carbocycles. The molecule has 3 N–H and O–H groups in total. The quantitative estimate of drug-likeness (QED) is 0.673. The van der Waals surface area contributed by atoms with E-state index in [-0.39, 0.29) is 11.9 Å². The number of hydrogen-bond donors (Lipinski definition) is 2. The van der Waals surface area contributed by atoms with Crippen LogP contribution in [-0.2, 0) is 0 Å². The number of nitrogens with two attached hydrogens (primary N) is 1. The lowest BCUT2D eigenvalue weighted by Gasteiger charge is -2.25. The van der Waals surface area contributed by atoms with Crippen molar-refractivity contribution in [3.63, 3.8) is 0 Å². The minimum atomic E-state index is -0.181. The first-order valence-electron chi connectivity index (χ1n) is 6.48. The zero-order chi connectivity index (χ0) is 15.4. The summed E-state index contributed by atoms with van der Waals surface area (Å²) in [6, 6.07) is 10.6. The number of carbonyl (C=O) groups is 1. The molecule has 6 heteroatoms. The van der Waals surface area contributed by atoms with Crippen molar-refractivity contribution in [2.24, 2.45) is 5.84 Å². The molecule has 5 nitrogen and oxygen atoms in total. The number of nitrogens with one attached hydrogen (secondary N) is 1. The van der Waals surface area contributed by atoms with Gasteiger partial charge in [0.1, 0.15) is 5.69 Å². The number of aromatic nitrogens is 1. The van der Waals surface area contributed by atoms with Gasteiger partial charge in [-0.25, -0.2) is 0 Å². The fourth-order valence-electron chi connectivity index (χ4n) is 1.98.